The van der Waals surface area contributed by atoms with Crippen molar-refractivity contribution in [2.75, 3.05) is 26.8 Å². The van der Waals surface area contributed by atoms with Crippen LogP contribution in [-0.4, -0.2) is 54.6 Å². The van der Waals surface area contributed by atoms with Crippen LogP contribution in [0.1, 0.15) is 66.9 Å². The van der Waals surface area contributed by atoms with E-state index in [0.29, 0.717) is 60.5 Å². The van der Waals surface area contributed by atoms with E-state index in [4.69, 9.17) is 4.98 Å². The maximum absolute atomic E-state index is 14.1. The van der Waals surface area contributed by atoms with Gasteiger partial charge in [0, 0.05) is 47.8 Å². The van der Waals surface area contributed by atoms with Gasteiger partial charge in [-0.15, -0.1) is 0 Å². The molecule has 1 atom stereocenters. The van der Waals surface area contributed by atoms with Crippen molar-refractivity contribution < 1.29 is 22.8 Å². The number of rotatable bonds is 7. The van der Waals surface area contributed by atoms with Gasteiger partial charge in [0.25, 0.3) is 12.3 Å². The highest BCUT2D eigenvalue weighted by Gasteiger charge is 2.28. The van der Waals surface area contributed by atoms with Crippen molar-refractivity contribution in [2.45, 2.75) is 58.0 Å². The highest BCUT2D eigenvalue weighted by molar-refractivity contribution is 6.09. The number of aromatic nitrogens is 1. The predicted octanol–water partition coefficient (Wildman–Crippen LogP) is 6.06. The summed E-state index contributed by atoms with van der Waals surface area (Å²) in [5, 5.41) is 6.63. The number of carbonyl (C=O) groups excluding carboxylic acids is 2. The number of piperazine rings is 1. The van der Waals surface area contributed by atoms with E-state index in [-0.39, 0.29) is 30.0 Å². The molecule has 3 aromatic rings. The van der Waals surface area contributed by atoms with Crippen molar-refractivity contribution in [1.82, 2.24) is 20.5 Å². The molecule has 9 heteroatoms. The zero-order valence-electron chi connectivity index (χ0n) is 23.1. The van der Waals surface area contributed by atoms with Crippen LogP contribution in [-0.2, 0) is 11.3 Å². The summed E-state index contributed by atoms with van der Waals surface area (Å²) in [6.07, 6.45) is 3.09. The van der Waals surface area contributed by atoms with Gasteiger partial charge < -0.3 is 10.6 Å². The molecular formula is C31H37F3N4O2. The molecule has 5 rings (SSSR count). The Morgan fingerprint density at radius 2 is 1.82 bits per heavy atom. The molecule has 2 aromatic carbocycles. The van der Waals surface area contributed by atoms with Crippen LogP contribution in [0.3, 0.4) is 0 Å². The molecule has 1 aliphatic carbocycles. The van der Waals surface area contributed by atoms with Gasteiger partial charge in [-0.25, -0.2) is 13.8 Å². The fourth-order valence-corrected chi connectivity index (χ4v) is 5.79. The average Bonchev–Trinajstić information content (AvgIpc) is 2.98. The van der Waals surface area contributed by atoms with Crippen LogP contribution in [0, 0.1) is 5.92 Å². The fourth-order valence-electron chi connectivity index (χ4n) is 5.79. The van der Waals surface area contributed by atoms with E-state index in [1.807, 2.05) is 35.2 Å². The first-order valence-electron chi connectivity index (χ1n) is 13.9. The number of fused-ring (bicyclic) bond motifs is 1. The number of hydrogen-bond donors (Lipinski definition) is 2. The van der Waals surface area contributed by atoms with Crippen molar-refractivity contribution in [2.24, 2.45) is 5.92 Å². The molecule has 2 amide bonds. The Morgan fingerprint density at radius 3 is 2.50 bits per heavy atom. The number of nitrogens with zero attached hydrogens (tertiary/aromatic N) is 2. The molecule has 1 aromatic heterocycles. The minimum Gasteiger partial charge on any atom is -0.354 e. The summed E-state index contributed by atoms with van der Waals surface area (Å²) in [4.78, 5) is 33.1. The van der Waals surface area contributed by atoms with Gasteiger partial charge in [-0.3, -0.25) is 18.9 Å². The molecule has 0 unspecified atom stereocenters. The Bertz CT molecular complexity index is 1310. The summed E-state index contributed by atoms with van der Waals surface area (Å²) < 4.78 is 36.8. The molecule has 40 heavy (non-hydrogen) atoms. The number of hydrogen-bond acceptors (Lipinski definition) is 4. The predicted molar refractivity (Wildman–Crippen MR) is 151 cm³/mol. The molecule has 1 saturated carbocycles. The van der Waals surface area contributed by atoms with E-state index >= 15 is 0 Å². The molecule has 214 valence electrons. The maximum Gasteiger partial charge on any atom is 0.263 e. The van der Waals surface area contributed by atoms with Crippen LogP contribution in [0.4, 0.5) is 13.2 Å². The lowest BCUT2D eigenvalue weighted by Gasteiger charge is -2.30. The quantitative estimate of drug-likeness (QED) is 0.373. The second-order valence-corrected chi connectivity index (χ2v) is 10.5. The Morgan fingerprint density at radius 1 is 1.10 bits per heavy atom. The third kappa shape index (κ3) is 6.81. The highest BCUT2D eigenvalue weighted by Crippen LogP contribution is 2.34. The largest absolute Gasteiger partial charge is 0.354 e. The Labute approximate surface area is 233 Å². The van der Waals surface area contributed by atoms with Crippen molar-refractivity contribution >= 4 is 22.7 Å². The van der Waals surface area contributed by atoms with Crippen LogP contribution in [0.25, 0.3) is 22.2 Å². The first-order chi connectivity index (χ1) is 19.4. The first kappa shape index (κ1) is 29.5. The van der Waals surface area contributed by atoms with Gasteiger partial charge in [0.05, 0.1) is 30.5 Å². The number of carbonyl (C=O) groups is 2. The minimum atomic E-state index is -2.64. The zero-order chi connectivity index (χ0) is 28.6. The monoisotopic (exact) mass is 554 g/mol. The third-order valence-electron chi connectivity index (χ3n) is 7.85. The minimum absolute atomic E-state index is 0.0138. The normalized spacial score (nSPS) is 17.2. The summed E-state index contributed by atoms with van der Waals surface area (Å²) in [6, 6.07) is 13.8. The summed E-state index contributed by atoms with van der Waals surface area (Å²) in [7, 11) is 0.500. The Balaban J connectivity index is 0.00000181. The van der Waals surface area contributed by atoms with Gasteiger partial charge in [0.15, 0.2) is 0 Å². The lowest BCUT2D eigenvalue weighted by Crippen LogP contribution is -2.47. The van der Waals surface area contributed by atoms with Crippen molar-refractivity contribution in [3.05, 3.63) is 65.2 Å². The molecule has 2 aliphatic rings. The molecule has 0 radical (unpaired) electrons. The third-order valence-corrected chi connectivity index (χ3v) is 7.85. The number of halogens is 3. The molecule has 0 spiro atoms. The van der Waals surface area contributed by atoms with Gasteiger partial charge in [0.2, 0.25) is 5.91 Å². The second kappa shape index (κ2) is 13.7. The number of alkyl halides is 3. The topological polar surface area (TPSA) is 74.3 Å². The number of pyridine rings is 1. The molecule has 1 saturated heterocycles. The zero-order valence-corrected chi connectivity index (χ0v) is 23.1. The van der Waals surface area contributed by atoms with E-state index in [2.05, 4.69) is 17.6 Å². The van der Waals surface area contributed by atoms with Crippen LogP contribution in [0.2, 0.25) is 0 Å². The van der Waals surface area contributed by atoms with Gasteiger partial charge in [-0.1, -0.05) is 61.7 Å². The fraction of sp³-hybridized carbons (Fsp3) is 0.452. The van der Waals surface area contributed by atoms with E-state index in [1.54, 1.807) is 6.07 Å². The van der Waals surface area contributed by atoms with E-state index in [1.165, 1.54) is 31.4 Å². The van der Waals surface area contributed by atoms with Gasteiger partial charge in [-0.05, 0) is 31.7 Å². The highest BCUT2D eigenvalue weighted by atomic mass is 19.3. The van der Waals surface area contributed by atoms with Gasteiger partial charge in [-0.2, -0.15) is 0 Å². The van der Waals surface area contributed by atoms with E-state index in [0.717, 1.165) is 18.4 Å². The average molecular weight is 555 g/mol. The lowest BCUT2D eigenvalue weighted by molar-refractivity contribution is -0.124. The lowest BCUT2D eigenvalue weighted by atomic mass is 9.84. The molecular weight excluding hydrogens is 517 g/mol. The Kier molecular flexibility index (Phi) is 10.1. The number of nitrogens with one attached hydrogen (secondary N) is 2. The standard InChI is InChI=1S/C30H34F2N4O2.CH3F/c1-19(20-8-4-2-5-9-20)34-30(38)27-23-13-12-22(29(31)32)16-25(23)35-28(21-10-6-3-7-11-21)24(27)17-36-15-14-33-26(37)18-36;1-2/h3,6-7,10-13,16,19-20,29H,2,4-5,8-9,14-15,17-18H2,1H3,(H,33,37)(H,34,38);1H3/t19-;/m0./s1. The maximum atomic E-state index is 14.1. The SMILES string of the molecule is CF.C[C@H](NC(=O)c1c(CN2CCNC(=O)C2)c(-c2ccccc2)nc2cc(C(F)F)ccc12)C1CCCCC1. The smallest absolute Gasteiger partial charge is 0.263 e. The second-order valence-electron chi connectivity index (χ2n) is 10.5. The van der Waals surface area contributed by atoms with Gasteiger partial charge in [0.1, 0.15) is 0 Å². The molecule has 6 nitrogen and oxygen atoms in total. The summed E-state index contributed by atoms with van der Waals surface area (Å²) in [5.41, 5.74) is 2.75. The van der Waals surface area contributed by atoms with Crippen molar-refractivity contribution in [3.8, 4) is 11.3 Å². The van der Waals surface area contributed by atoms with Gasteiger partial charge >= 0.3 is 0 Å². The molecule has 1 aliphatic heterocycles. The van der Waals surface area contributed by atoms with E-state index < -0.39 is 6.43 Å². The van der Waals surface area contributed by atoms with Crippen LogP contribution in [0.15, 0.2) is 48.5 Å². The number of benzene rings is 2. The van der Waals surface area contributed by atoms with E-state index in [9.17, 15) is 22.8 Å². The molecule has 2 N–H and O–H groups in total. The van der Waals surface area contributed by atoms with Crippen LogP contribution >= 0.6 is 0 Å². The van der Waals surface area contributed by atoms with Crippen LogP contribution < -0.4 is 10.6 Å². The summed E-state index contributed by atoms with van der Waals surface area (Å²) in [5.74, 6) is 0.118. The summed E-state index contributed by atoms with van der Waals surface area (Å²) in [6.45, 7) is 3.78. The molecule has 0 bridgehead atoms. The molecule has 2 fully saturated rings. The molecule has 2 heterocycles. The van der Waals surface area contributed by atoms with Crippen molar-refractivity contribution in [1.29, 1.82) is 0 Å². The van der Waals surface area contributed by atoms with Crippen molar-refractivity contribution in [3.63, 3.8) is 0 Å². The first-order valence-corrected chi connectivity index (χ1v) is 13.9. The summed E-state index contributed by atoms with van der Waals surface area (Å²) >= 11 is 0. The Hall–Kier alpha value is -3.46. The van der Waals surface area contributed by atoms with Crippen LogP contribution in [0.5, 0.6) is 0 Å². The number of amides is 2.